The van der Waals surface area contributed by atoms with Crippen molar-refractivity contribution in [2.75, 3.05) is 13.2 Å². The van der Waals surface area contributed by atoms with Crippen LogP contribution in [0.4, 0.5) is 0 Å². The highest BCUT2D eigenvalue weighted by Crippen LogP contribution is 2.51. The average molecular weight is 451 g/mol. The number of rotatable bonds is 9. The van der Waals surface area contributed by atoms with E-state index in [9.17, 15) is 9.59 Å². The van der Waals surface area contributed by atoms with Gasteiger partial charge in [-0.2, -0.15) is 0 Å². The maximum absolute atomic E-state index is 13.2. The minimum atomic E-state index is -2.12. The molecule has 0 radical (unpaired) electrons. The van der Waals surface area contributed by atoms with Gasteiger partial charge in [0.2, 0.25) is 8.32 Å². The quantitative estimate of drug-likeness (QED) is 0.246. The van der Waals surface area contributed by atoms with E-state index < -0.39 is 25.7 Å². The Kier molecular flexibility index (Phi) is 8.74. The summed E-state index contributed by atoms with van der Waals surface area (Å²) in [5.74, 6) is -1.31. The normalized spacial score (nSPS) is 23.0. The van der Waals surface area contributed by atoms with Crippen LogP contribution in [0.3, 0.4) is 0 Å². The SMILES string of the molecule is CCOC(=O)C1(C(=O)OCC)C=CC=C2[C@@H](O[Si](C(C)C)(C(C)C)C(C)C)CCC[C@H]21. The zero-order valence-corrected chi connectivity index (χ0v) is 21.7. The Balaban J connectivity index is 2.50. The smallest absolute Gasteiger partial charge is 0.328 e. The highest BCUT2D eigenvalue weighted by molar-refractivity contribution is 6.77. The van der Waals surface area contributed by atoms with Gasteiger partial charge < -0.3 is 13.9 Å². The molecule has 0 N–H and O–H groups in total. The molecule has 6 heteroatoms. The largest absolute Gasteiger partial charge is 0.465 e. The van der Waals surface area contributed by atoms with Crippen molar-refractivity contribution < 1.29 is 23.5 Å². The Bertz CT molecular complexity index is 667. The minimum absolute atomic E-state index is 0.0780. The summed E-state index contributed by atoms with van der Waals surface area (Å²) in [5, 5.41) is 0. The molecule has 0 heterocycles. The third-order valence-electron chi connectivity index (χ3n) is 7.21. The van der Waals surface area contributed by atoms with Crippen LogP contribution in [0.25, 0.3) is 0 Å². The second-order valence-electron chi connectivity index (χ2n) is 9.74. The molecule has 0 spiro atoms. The fraction of sp³-hybridized carbons (Fsp3) is 0.760. The van der Waals surface area contributed by atoms with Gasteiger partial charge in [-0.15, -0.1) is 0 Å². The van der Waals surface area contributed by atoms with Crippen LogP contribution in [-0.2, 0) is 23.5 Å². The number of allylic oxidation sites excluding steroid dienone is 2. The highest BCUT2D eigenvalue weighted by Gasteiger charge is 2.58. The van der Waals surface area contributed by atoms with Crippen LogP contribution in [0.2, 0.25) is 16.6 Å². The third kappa shape index (κ3) is 4.56. The maximum atomic E-state index is 13.2. The van der Waals surface area contributed by atoms with Crippen molar-refractivity contribution >= 4 is 20.3 Å². The first-order valence-electron chi connectivity index (χ1n) is 12.0. The average Bonchev–Trinajstić information content (AvgIpc) is 2.70. The molecular weight excluding hydrogens is 408 g/mol. The molecule has 176 valence electrons. The second-order valence-corrected chi connectivity index (χ2v) is 15.2. The molecular formula is C25H42O5Si. The molecule has 2 rings (SSSR count). The molecule has 1 saturated carbocycles. The summed E-state index contributed by atoms with van der Waals surface area (Å²) in [6.07, 6.45) is 8.06. The lowest BCUT2D eigenvalue weighted by Crippen LogP contribution is -2.54. The van der Waals surface area contributed by atoms with Crippen molar-refractivity contribution in [2.24, 2.45) is 11.3 Å². The number of fused-ring (bicyclic) bond motifs is 1. The van der Waals surface area contributed by atoms with E-state index in [2.05, 4.69) is 47.6 Å². The lowest BCUT2D eigenvalue weighted by Gasteiger charge is -2.49. The molecule has 2 aliphatic carbocycles. The Morgan fingerprint density at radius 3 is 1.94 bits per heavy atom. The van der Waals surface area contributed by atoms with Crippen molar-refractivity contribution in [2.45, 2.75) is 97.4 Å². The summed E-state index contributed by atoms with van der Waals surface area (Å²) in [6, 6.07) is 0. The molecule has 1 fully saturated rings. The fourth-order valence-electron chi connectivity index (χ4n) is 5.99. The van der Waals surface area contributed by atoms with Crippen molar-refractivity contribution in [1.82, 2.24) is 0 Å². The molecule has 2 atom stereocenters. The first-order chi connectivity index (χ1) is 14.6. The zero-order chi connectivity index (χ0) is 23.4. The van der Waals surface area contributed by atoms with Gasteiger partial charge >= 0.3 is 11.9 Å². The summed E-state index contributed by atoms with van der Waals surface area (Å²) in [5.41, 5.74) is 1.02. The molecule has 0 bridgehead atoms. The van der Waals surface area contributed by atoms with Crippen LogP contribution in [0, 0.1) is 11.3 Å². The van der Waals surface area contributed by atoms with Crippen LogP contribution in [0.5, 0.6) is 0 Å². The van der Waals surface area contributed by atoms with E-state index in [1.807, 2.05) is 6.08 Å². The van der Waals surface area contributed by atoms with Crippen molar-refractivity contribution in [3.05, 3.63) is 23.8 Å². The van der Waals surface area contributed by atoms with Gasteiger partial charge in [-0.25, -0.2) is 0 Å². The highest BCUT2D eigenvalue weighted by atomic mass is 28.4. The van der Waals surface area contributed by atoms with Crippen LogP contribution >= 0.6 is 0 Å². The number of carbonyl (C=O) groups is 2. The van der Waals surface area contributed by atoms with Crippen LogP contribution in [-0.4, -0.2) is 39.6 Å². The van der Waals surface area contributed by atoms with E-state index in [4.69, 9.17) is 13.9 Å². The molecule has 2 aliphatic rings. The standard InChI is InChI=1S/C25H42O5Si/c1-9-28-23(26)25(24(27)29-10-2)16-12-13-20-21(25)14-11-15-22(20)30-31(17(3)4,18(5)6)19(7)8/h12-13,16-19,21-22H,9-11,14-15H2,1-8H3/t21-,22+/m1/s1. The van der Waals surface area contributed by atoms with E-state index >= 15 is 0 Å². The number of ether oxygens (including phenoxy) is 2. The zero-order valence-electron chi connectivity index (χ0n) is 20.7. The predicted molar refractivity (Wildman–Crippen MR) is 126 cm³/mol. The summed E-state index contributed by atoms with van der Waals surface area (Å²) in [7, 11) is -2.12. The van der Waals surface area contributed by atoms with E-state index in [-0.39, 0.29) is 25.2 Å². The van der Waals surface area contributed by atoms with Gasteiger partial charge in [0.05, 0.1) is 19.3 Å². The molecule has 0 unspecified atom stereocenters. The number of hydrogen-bond acceptors (Lipinski definition) is 5. The van der Waals surface area contributed by atoms with E-state index in [1.54, 1.807) is 19.9 Å². The number of hydrogen-bond donors (Lipinski definition) is 0. The molecule has 0 aromatic carbocycles. The van der Waals surface area contributed by atoms with Gasteiger partial charge in [0, 0.05) is 5.92 Å². The van der Waals surface area contributed by atoms with Gasteiger partial charge in [-0.05, 0) is 55.3 Å². The summed E-state index contributed by atoms with van der Waals surface area (Å²) < 4.78 is 17.9. The monoisotopic (exact) mass is 450 g/mol. The first-order valence-corrected chi connectivity index (χ1v) is 14.1. The summed E-state index contributed by atoms with van der Waals surface area (Å²) in [6.45, 7) is 17.7. The fourth-order valence-corrected chi connectivity index (χ4v) is 11.6. The molecule has 0 aromatic rings. The molecule has 0 aromatic heterocycles. The molecule has 31 heavy (non-hydrogen) atoms. The topological polar surface area (TPSA) is 61.8 Å². The third-order valence-corrected chi connectivity index (χ3v) is 13.3. The van der Waals surface area contributed by atoms with Gasteiger partial charge in [-0.3, -0.25) is 9.59 Å². The van der Waals surface area contributed by atoms with Crippen molar-refractivity contribution in [3.63, 3.8) is 0 Å². The second kappa shape index (κ2) is 10.5. The van der Waals surface area contributed by atoms with Crippen LogP contribution in [0.1, 0.15) is 74.7 Å². The Labute approximate surface area is 189 Å². The van der Waals surface area contributed by atoms with E-state index in [0.717, 1.165) is 24.8 Å². The Hall–Kier alpha value is -1.40. The van der Waals surface area contributed by atoms with Crippen LogP contribution in [0.15, 0.2) is 23.8 Å². The van der Waals surface area contributed by atoms with Gasteiger partial charge in [0.15, 0.2) is 5.41 Å². The Morgan fingerprint density at radius 2 is 1.48 bits per heavy atom. The lowest BCUT2D eigenvalue weighted by molar-refractivity contribution is -0.172. The minimum Gasteiger partial charge on any atom is -0.465 e. The van der Waals surface area contributed by atoms with E-state index in [1.165, 1.54) is 0 Å². The molecule has 0 amide bonds. The number of carbonyl (C=O) groups excluding carboxylic acids is 2. The molecule has 5 nitrogen and oxygen atoms in total. The van der Waals surface area contributed by atoms with E-state index in [0.29, 0.717) is 16.6 Å². The van der Waals surface area contributed by atoms with Crippen molar-refractivity contribution in [1.29, 1.82) is 0 Å². The first kappa shape index (κ1) is 25.9. The van der Waals surface area contributed by atoms with Gasteiger partial charge in [0.1, 0.15) is 0 Å². The number of esters is 2. The van der Waals surface area contributed by atoms with Gasteiger partial charge in [-0.1, -0.05) is 59.8 Å². The van der Waals surface area contributed by atoms with Crippen LogP contribution < -0.4 is 0 Å². The summed E-state index contributed by atoms with van der Waals surface area (Å²) in [4.78, 5) is 26.3. The summed E-state index contributed by atoms with van der Waals surface area (Å²) >= 11 is 0. The van der Waals surface area contributed by atoms with Gasteiger partial charge in [0.25, 0.3) is 0 Å². The predicted octanol–water partition coefficient (Wildman–Crippen LogP) is 5.96. The molecule has 0 saturated heterocycles. The van der Waals surface area contributed by atoms with Crippen molar-refractivity contribution in [3.8, 4) is 0 Å². The maximum Gasteiger partial charge on any atom is 0.328 e. The lowest BCUT2D eigenvalue weighted by atomic mass is 9.63. The Morgan fingerprint density at radius 1 is 0.968 bits per heavy atom. The molecule has 0 aliphatic heterocycles.